The van der Waals surface area contributed by atoms with Crippen LogP contribution in [0, 0.1) is 11.3 Å². The second-order valence-electron chi connectivity index (χ2n) is 7.13. The Bertz CT molecular complexity index is 426. The Labute approximate surface area is 126 Å². The molecule has 2 fully saturated rings. The number of carbonyl (C=O) groups is 2. The number of carbonyl (C=O) groups excluding carboxylic acids is 1. The highest BCUT2D eigenvalue weighted by Crippen LogP contribution is 2.37. The molecule has 2 rings (SSSR count). The zero-order chi connectivity index (χ0) is 15.7. The van der Waals surface area contributed by atoms with Gasteiger partial charge in [-0.15, -0.1) is 0 Å². The predicted octanol–water partition coefficient (Wildman–Crippen LogP) is 2.00. The summed E-state index contributed by atoms with van der Waals surface area (Å²) in [5, 5.41) is 9.54. The maximum Gasteiger partial charge on any atom is 0.311 e. The topological polar surface area (TPSA) is 83.6 Å². The maximum atomic E-state index is 12.9. The summed E-state index contributed by atoms with van der Waals surface area (Å²) in [5.41, 5.74) is 4.82. The van der Waals surface area contributed by atoms with Crippen LogP contribution in [0.2, 0.25) is 0 Å². The minimum atomic E-state index is -0.787. The van der Waals surface area contributed by atoms with Crippen molar-refractivity contribution in [1.29, 1.82) is 0 Å². The molecule has 3 atom stereocenters. The number of carboxylic acid groups (broad SMARTS) is 1. The van der Waals surface area contributed by atoms with Gasteiger partial charge in [-0.2, -0.15) is 0 Å². The van der Waals surface area contributed by atoms with Gasteiger partial charge in [0.1, 0.15) is 0 Å². The average molecular weight is 296 g/mol. The number of aliphatic carboxylic acids is 1. The summed E-state index contributed by atoms with van der Waals surface area (Å²) in [7, 11) is 0. The van der Waals surface area contributed by atoms with E-state index in [2.05, 4.69) is 6.92 Å². The number of amides is 1. The first-order valence-corrected chi connectivity index (χ1v) is 8.15. The Morgan fingerprint density at radius 1 is 1.33 bits per heavy atom. The first kappa shape index (κ1) is 16.3. The molecule has 0 radical (unpaired) electrons. The molecule has 1 aliphatic heterocycles. The molecule has 0 spiro atoms. The van der Waals surface area contributed by atoms with E-state index in [1.54, 1.807) is 4.90 Å². The Balaban J connectivity index is 2.13. The van der Waals surface area contributed by atoms with Crippen molar-refractivity contribution in [2.75, 3.05) is 13.1 Å². The number of likely N-dealkylation sites (tertiary alicyclic amines) is 1. The lowest BCUT2D eigenvalue weighted by atomic mass is 9.74. The largest absolute Gasteiger partial charge is 0.481 e. The lowest BCUT2D eigenvalue weighted by molar-refractivity contribution is -0.157. The van der Waals surface area contributed by atoms with Crippen molar-refractivity contribution < 1.29 is 14.7 Å². The molecule has 1 amide bonds. The van der Waals surface area contributed by atoms with E-state index >= 15 is 0 Å². The molecule has 1 aliphatic carbocycles. The standard InChI is InChI=1S/C16H28N2O3/c1-3-15(14(20)21)7-5-9-18(11-15)13(19)16(17)8-4-6-12(2)10-16/h12H,3-11,17H2,1-2H3,(H,20,21). The van der Waals surface area contributed by atoms with E-state index in [4.69, 9.17) is 5.73 Å². The predicted molar refractivity (Wildman–Crippen MR) is 80.7 cm³/mol. The third-order valence-corrected chi connectivity index (χ3v) is 5.45. The van der Waals surface area contributed by atoms with Crippen LogP contribution in [-0.4, -0.2) is 40.5 Å². The lowest BCUT2D eigenvalue weighted by Gasteiger charge is -2.44. The fourth-order valence-electron chi connectivity index (χ4n) is 4.02. The van der Waals surface area contributed by atoms with Crippen LogP contribution in [-0.2, 0) is 9.59 Å². The van der Waals surface area contributed by atoms with Gasteiger partial charge >= 0.3 is 5.97 Å². The molecule has 1 heterocycles. The van der Waals surface area contributed by atoms with E-state index in [-0.39, 0.29) is 5.91 Å². The van der Waals surface area contributed by atoms with Crippen molar-refractivity contribution in [1.82, 2.24) is 4.90 Å². The molecule has 0 bridgehead atoms. The summed E-state index contributed by atoms with van der Waals surface area (Å²) in [6.45, 7) is 4.98. The smallest absolute Gasteiger partial charge is 0.311 e. The summed E-state index contributed by atoms with van der Waals surface area (Å²) in [6.07, 6.45) is 5.50. The van der Waals surface area contributed by atoms with Crippen LogP contribution in [0.4, 0.5) is 0 Å². The second kappa shape index (κ2) is 5.95. The summed E-state index contributed by atoms with van der Waals surface area (Å²) >= 11 is 0. The summed E-state index contributed by atoms with van der Waals surface area (Å²) < 4.78 is 0. The molecule has 1 saturated carbocycles. The monoisotopic (exact) mass is 296 g/mol. The number of nitrogens with zero attached hydrogens (tertiary/aromatic N) is 1. The summed E-state index contributed by atoms with van der Waals surface area (Å²) in [5.74, 6) is -0.355. The minimum absolute atomic E-state index is 0.0344. The number of piperidine rings is 1. The molecule has 5 heteroatoms. The van der Waals surface area contributed by atoms with E-state index in [1.807, 2.05) is 6.92 Å². The molecule has 0 aromatic heterocycles. The van der Waals surface area contributed by atoms with Gasteiger partial charge in [0.15, 0.2) is 0 Å². The van der Waals surface area contributed by atoms with Crippen molar-refractivity contribution >= 4 is 11.9 Å². The lowest BCUT2D eigenvalue weighted by Crippen LogP contribution is -2.61. The van der Waals surface area contributed by atoms with Gasteiger partial charge in [0.05, 0.1) is 11.0 Å². The third kappa shape index (κ3) is 3.07. The van der Waals surface area contributed by atoms with Gasteiger partial charge in [0, 0.05) is 13.1 Å². The molecule has 3 N–H and O–H groups in total. The SMILES string of the molecule is CCC1(C(=O)O)CCCN(C(=O)C2(N)CCCC(C)C2)C1. The summed E-state index contributed by atoms with van der Waals surface area (Å²) in [4.78, 5) is 26.2. The van der Waals surface area contributed by atoms with Crippen LogP contribution in [0.15, 0.2) is 0 Å². The maximum absolute atomic E-state index is 12.9. The molecular weight excluding hydrogens is 268 g/mol. The zero-order valence-electron chi connectivity index (χ0n) is 13.2. The van der Waals surface area contributed by atoms with Crippen LogP contribution in [0.25, 0.3) is 0 Å². The van der Waals surface area contributed by atoms with Crippen LogP contribution >= 0.6 is 0 Å². The Kier molecular flexibility index (Phi) is 4.61. The highest BCUT2D eigenvalue weighted by atomic mass is 16.4. The highest BCUT2D eigenvalue weighted by Gasteiger charge is 2.46. The summed E-state index contributed by atoms with van der Waals surface area (Å²) in [6, 6.07) is 0. The molecule has 120 valence electrons. The van der Waals surface area contributed by atoms with Crippen molar-refractivity contribution in [2.45, 2.75) is 64.3 Å². The number of carboxylic acids is 1. The zero-order valence-corrected chi connectivity index (χ0v) is 13.2. The quantitative estimate of drug-likeness (QED) is 0.834. The van der Waals surface area contributed by atoms with E-state index in [0.29, 0.717) is 38.3 Å². The van der Waals surface area contributed by atoms with Gasteiger partial charge in [-0.25, -0.2) is 0 Å². The first-order valence-electron chi connectivity index (χ1n) is 8.15. The number of hydrogen-bond acceptors (Lipinski definition) is 3. The fraction of sp³-hybridized carbons (Fsp3) is 0.875. The minimum Gasteiger partial charge on any atom is -0.481 e. The van der Waals surface area contributed by atoms with E-state index in [0.717, 1.165) is 25.7 Å². The second-order valence-corrected chi connectivity index (χ2v) is 7.13. The van der Waals surface area contributed by atoms with Crippen molar-refractivity contribution in [3.8, 4) is 0 Å². The third-order valence-electron chi connectivity index (χ3n) is 5.45. The highest BCUT2D eigenvalue weighted by molar-refractivity contribution is 5.87. The molecule has 21 heavy (non-hydrogen) atoms. The Morgan fingerprint density at radius 3 is 2.62 bits per heavy atom. The van der Waals surface area contributed by atoms with Gasteiger partial charge in [-0.3, -0.25) is 9.59 Å². The molecule has 0 aromatic carbocycles. The molecular formula is C16H28N2O3. The number of rotatable bonds is 3. The molecule has 1 saturated heterocycles. The number of hydrogen-bond donors (Lipinski definition) is 2. The molecule has 0 aromatic rings. The molecule has 3 unspecified atom stereocenters. The fourth-order valence-corrected chi connectivity index (χ4v) is 4.02. The van der Waals surface area contributed by atoms with Crippen LogP contribution in [0.1, 0.15) is 58.8 Å². The van der Waals surface area contributed by atoms with Gasteiger partial charge < -0.3 is 15.7 Å². The normalized spacial score (nSPS) is 37.3. The average Bonchev–Trinajstić information content (AvgIpc) is 2.46. The van der Waals surface area contributed by atoms with Crippen molar-refractivity contribution in [2.24, 2.45) is 17.1 Å². The van der Waals surface area contributed by atoms with Gasteiger partial charge in [0.2, 0.25) is 5.91 Å². The Hall–Kier alpha value is -1.10. The van der Waals surface area contributed by atoms with E-state index in [9.17, 15) is 14.7 Å². The number of nitrogens with two attached hydrogens (primary N) is 1. The van der Waals surface area contributed by atoms with Crippen LogP contribution in [0.3, 0.4) is 0 Å². The van der Waals surface area contributed by atoms with Gasteiger partial charge in [-0.05, 0) is 38.0 Å². The van der Waals surface area contributed by atoms with Gasteiger partial charge in [-0.1, -0.05) is 26.7 Å². The van der Waals surface area contributed by atoms with Gasteiger partial charge in [0.25, 0.3) is 0 Å². The van der Waals surface area contributed by atoms with Crippen LogP contribution < -0.4 is 5.73 Å². The molecule has 5 nitrogen and oxygen atoms in total. The van der Waals surface area contributed by atoms with E-state index in [1.165, 1.54) is 0 Å². The van der Waals surface area contributed by atoms with Crippen molar-refractivity contribution in [3.63, 3.8) is 0 Å². The molecule has 2 aliphatic rings. The van der Waals surface area contributed by atoms with Crippen LogP contribution in [0.5, 0.6) is 0 Å². The first-order chi connectivity index (χ1) is 9.83. The van der Waals surface area contributed by atoms with Crippen molar-refractivity contribution in [3.05, 3.63) is 0 Å². The Morgan fingerprint density at radius 2 is 2.05 bits per heavy atom. The van der Waals surface area contributed by atoms with E-state index < -0.39 is 16.9 Å².